The molecular weight excluding hydrogens is 157 g/mol. The summed E-state index contributed by atoms with van der Waals surface area (Å²) in [6, 6.07) is 0. The topological polar surface area (TPSA) is 29.1 Å². The minimum Gasteiger partial charge on any atom is -0.329 e. The van der Waals surface area contributed by atoms with Crippen LogP contribution in [0.4, 0.5) is 4.39 Å². The Bertz CT molecular complexity index is 291. The quantitative estimate of drug-likeness (QED) is 0.585. The first-order chi connectivity index (χ1) is 5.75. The fourth-order valence-corrected chi connectivity index (χ4v) is 1.60. The summed E-state index contributed by atoms with van der Waals surface area (Å²) < 4.78 is 12.8. The van der Waals surface area contributed by atoms with Crippen LogP contribution >= 0.6 is 0 Å². The highest BCUT2D eigenvalue weighted by Crippen LogP contribution is 2.28. The summed E-state index contributed by atoms with van der Waals surface area (Å²) in [5, 5.41) is 2.77. The Morgan fingerprint density at radius 2 is 2.08 bits per heavy atom. The maximum atomic E-state index is 12.8. The second kappa shape index (κ2) is 2.73. The molecular formula is C9H10FNO. The molecule has 0 aromatic rings. The van der Waals surface area contributed by atoms with Gasteiger partial charge in [-0.2, -0.15) is 0 Å². The standard InChI is InChI=1S/C9H10FNO/c10-7-2-3-8-6(5-7)1-4-9(12)11-8/h5H,1-4H2,(H,11,12). The Balaban J connectivity index is 2.27. The van der Waals surface area contributed by atoms with Crippen LogP contribution in [0.3, 0.4) is 0 Å². The summed E-state index contributed by atoms with van der Waals surface area (Å²) in [5.41, 5.74) is 1.89. The van der Waals surface area contributed by atoms with Crippen LogP contribution in [-0.4, -0.2) is 5.91 Å². The van der Waals surface area contributed by atoms with Crippen molar-refractivity contribution in [2.75, 3.05) is 0 Å². The molecule has 2 rings (SSSR count). The van der Waals surface area contributed by atoms with Gasteiger partial charge in [0.15, 0.2) is 0 Å². The molecule has 1 N–H and O–H groups in total. The Hall–Kier alpha value is -1.12. The summed E-state index contributed by atoms with van der Waals surface area (Å²) >= 11 is 0. The van der Waals surface area contributed by atoms with Crippen molar-refractivity contribution in [3.05, 3.63) is 23.2 Å². The molecule has 0 bridgehead atoms. The molecule has 2 aliphatic rings. The van der Waals surface area contributed by atoms with Gasteiger partial charge >= 0.3 is 0 Å². The van der Waals surface area contributed by atoms with Gasteiger partial charge in [-0.05, 0) is 24.5 Å². The summed E-state index contributed by atoms with van der Waals surface area (Å²) in [6.07, 6.45) is 3.80. The van der Waals surface area contributed by atoms with Gasteiger partial charge in [0.05, 0.1) is 0 Å². The Morgan fingerprint density at radius 3 is 2.92 bits per heavy atom. The number of hydrogen-bond donors (Lipinski definition) is 1. The van der Waals surface area contributed by atoms with Crippen molar-refractivity contribution in [1.82, 2.24) is 5.32 Å². The molecule has 0 radical (unpaired) electrons. The molecule has 1 heterocycles. The molecule has 0 saturated heterocycles. The van der Waals surface area contributed by atoms with Gasteiger partial charge in [0.2, 0.25) is 5.91 Å². The molecule has 0 fully saturated rings. The molecule has 3 heteroatoms. The number of carbonyl (C=O) groups is 1. The van der Waals surface area contributed by atoms with Crippen molar-refractivity contribution in [3.63, 3.8) is 0 Å². The molecule has 1 amide bonds. The Kier molecular flexibility index (Phi) is 1.71. The van der Waals surface area contributed by atoms with Gasteiger partial charge in [0, 0.05) is 18.5 Å². The zero-order valence-electron chi connectivity index (χ0n) is 6.69. The summed E-state index contributed by atoms with van der Waals surface area (Å²) in [4.78, 5) is 10.9. The van der Waals surface area contributed by atoms with Crippen molar-refractivity contribution in [3.8, 4) is 0 Å². The van der Waals surface area contributed by atoms with Crippen molar-refractivity contribution >= 4 is 5.91 Å². The molecule has 64 valence electrons. The van der Waals surface area contributed by atoms with E-state index >= 15 is 0 Å². The molecule has 0 saturated carbocycles. The Morgan fingerprint density at radius 1 is 1.25 bits per heavy atom. The third kappa shape index (κ3) is 1.26. The number of amides is 1. The van der Waals surface area contributed by atoms with Crippen LogP contribution in [0.1, 0.15) is 25.7 Å². The monoisotopic (exact) mass is 167 g/mol. The number of hydrogen-bond acceptors (Lipinski definition) is 1. The van der Waals surface area contributed by atoms with E-state index in [2.05, 4.69) is 5.32 Å². The lowest BCUT2D eigenvalue weighted by molar-refractivity contribution is -0.120. The van der Waals surface area contributed by atoms with E-state index < -0.39 is 0 Å². The van der Waals surface area contributed by atoms with E-state index in [1.165, 1.54) is 0 Å². The van der Waals surface area contributed by atoms with Crippen LogP contribution in [0, 0.1) is 0 Å². The molecule has 0 spiro atoms. The van der Waals surface area contributed by atoms with Gasteiger partial charge < -0.3 is 5.32 Å². The number of carbonyl (C=O) groups excluding carboxylic acids is 1. The molecule has 0 aromatic carbocycles. The lowest BCUT2D eigenvalue weighted by Gasteiger charge is -2.22. The summed E-state index contributed by atoms with van der Waals surface area (Å²) in [7, 11) is 0. The fraction of sp³-hybridized carbons (Fsp3) is 0.444. The van der Waals surface area contributed by atoms with Crippen molar-refractivity contribution in [2.45, 2.75) is 25.7 Å². The third-order valence-electron chi connectivity index (χ3n) is 2.24. The summed E-state index contributed by atoms with van der Waals surface area (Å²) in [5.74, 6) is -0.00522. The highest BCUT2D eigenvalue weighted by molar-refractivity contribution is 5.80. The first-order valence-electron chi connectivity index (χ1n) is 4.13. The van der Waals surface area contributed by atoms with Crippen molar-refractivity contribution < 1.29 is 9.18 Å². The van der Waals surface area contributed by atoms with Crippen molar-refractivity contribution in [2.24, 2.45) is 0 Å². The van der Waals surface area contributed by atoms with Crippen LogP contribution in [0.5, 0.6) is 0 Å². The minimum absolute atomic E-state index is 0.0597. The van der Waals surface area contributed by atoms with E-state index in [1.807, 2.05) is 0 Å². The molecule has 2 nitrogen and oxygen atoms in total. The minimum atomic E-state index is -0.0649. The first kappa shape index (κ1) is 7.53. The number of rotatable bonds is 0. The van der Waals surface area contributed by atoms with Crippen LogP contribution in [0.2, 0.25) is 0 Å². The number of allylic oxidation sites excluding steroid dienone is 4. The maximum Gasteiger partial charge on any atom is 0.224 e. The SMILES string of the molecule is O=C1CCC2=C(CCC(F)=C2)N1. The normalized spacial score (nSPS) is 23.1. The second-order valence-electron chi connectivity index (χ2n) is 3.14. The average Bonchev–Trinajstić information content (AvgIpc) is 2.05. The first-order valence-corrected chi connectivity index (χ1v) is 4.13. The zero-order valence-corrected chi connectivity index (χ0v) is 6.69. The van der Waals surface area contributed by atoms with E-state index in [0.29, 0.717) is 25.7 Å². The van der Waals surface area contributed by atoms with Crippen molar-refractivity contribution in [1.29, 1.82) is 0 Å². The van der Waals surface area contributed by atoms with E-state index in [1.54, 1.807) is 6.08 Å². The van der Waals surface area contributed by atoms with Gasteiger partial charge in [0.1, 0.15) is 5.83 Å². The molecule has 0 unspecified atom stereocenters. The number of nitrogens with one attached hydrogen (secondary N) is 1. The number of halogens is 1. The highest BCUT2D eigenvalue weighted by atomic mass is 19.1. The van der Waals surface area contributed by atoms with Crippen LogP contribution < -0.4 is 5.32 Å². The highest BCUT2D eigenvalue weighted by Gasteiger charge is 2.19. The Labute approximate surface area is 70.1 Å². The molecule has 0 aromatic heterocycles. The van der Waals surface area contributed by atoms with Gasteiger partial charge in [0.25, 0.3) is 0 Å². The molecule has 0 atom stereocenters. The average molecular weight is 167 g/mol. The lowest BCUT2D eigenvalue weighted by atomic mass is 9.95. The van der Waals surface area contributed by atoms with Crippen LogP contribution in [-0.2, 0) is 4.79 Å². The third-order valence-corrected chi connectivity index (χ3v) is 2.24. The van der Waals surface area contributed by atoms with Gasteiger partial charge in [-0.25, -0.2) is 4.39 Å². The lowest BCUT2D eigenvalue weighted by Crippen LogP contribution is -2.28. The molecule has 1 aliphatic heterocycles. The maximum absolute atomic E-state index is 12.8. The predicted octanol–water partition coefficient (Wildman–Crippen LogP) is 1.80. The predicted molar refractivity (Wildman–Crippen MR) is 42.8 cm³/mol. The van der Waals surface area contributed by atoms with E-state index in [9.17, 15) is 9.18 Å². The van der Waals surface area contributed by atoms with Crippen LogP contribution in [0.15, 0.2) is 23.2 Å². The largest absolute Gasteiger partial charge is 0.329 e. The van der Waals surface area contributed by atoms with E-state index in [0.717, 1.165) is 11.3 Å². The van der Waals surface area contributed by atoms with E-state index in [-0.39, 0.29) is 11.7 Å². The fourth-order valence-electron chi connectivity index (χ4n) is 1.60. The van der Waals surface area contributed by atoms with E-state index in [4.69, 9.17) is 0 Å². The smallest absolute Gasteiger partial charge is 0.224 e. The van der Waals surface area contributed by atoms with Gasteiger partial charge in [-0.3, -0.25) is 4.79 Å². The molecule has 12 heavy (non-hydrogen) atoms. The molecule has 1 aliphatic carbocycles. The second-order valence-corrected chi connectivity index (χ2v) is 3.14. The van der Waals surface area contributed by atoms with Gasteiger partial charge in [-0.15, -0.1) is 0 Å². The van der Waals surface area contributed by atoms with Gasteiger partial charge in [-0.1, -0.05) is 0 Å². The summed E-state index contributed by atoms with van der Waals surface area (Å²) in [6.45, 7) is 0. The zero-order chi connectivity index (χ0) is 8.55. The van der Waals surface area contributed by atoms with Crippen LogP contribution in [0.25, 0.3) is 0 Å².